The number of amidine groups is 1. The number of hydrogen-bond acceptors (Lipinski definition) is 4. The maximum Gasteiger partial charge on any atom is 0.271 e. The number of nitrogens with zero attached hydrogens (tertiary/aromatic N) is 3. The molecular weight excluding hydrogens is 366 g/mol. The summed E-state index contributed by atoms with van der Waals surface area (Å²) in [5.41, 5.74) is 4.21. The molecule has 146 valence electrons. The van der Waals surface area contributed by atoms with Gasteiger partial charge < -0.3 is 4.90 Å². The third kappa shape index (κ3) is 4.30. The van der Waals surface area contributed by atoms with Crippen LogP contribution in [0.15, 0.2) is 58.4 Å². The fraction of sp³-hybridized carbons (Fsp3) is 0.304. The first-order valence-electron chi connectivity index (χ1n) is 9.57. The van der Waals surface area contributed by atoms with E-state index in [0.29, 0.717) is 4.91 Å². The Hall–Kier alpha value is -2.53. The zero-order valence-electron chi connectivity index (χ0n) is 17.1. The van der Waals surface area contributed by atoms with Gasteiger partial charge in [-0.25, -0.2) is 0 Å². The Kier molecular flexibility index (Phi) is 6.25. The molecule has 0 unspecified atom stereocenters. The molecule has 0 saturated carbocycles. The maximum atomic E-state index is 13.3. The van der Waals surface area contributed by atoms with Gasteiger partial charge in [0.15, 0.2) is 5.17 Å². The van der Waals surface area contributed by atoms with Crippen molar-refractivity contribution in [2.75, 3.05) is 23.9 Å². The van der Waals surface area contributed by atoms with Crippen LogP contribution in [0.2, 0.25) is 0 Å². The third-order valence-corrected chi connectivity index (χ3v) is 5.48. The second-order valence-corrected chi connectivity index (χ2v) is 8.23. The molecule has 0 radical (unpaired) electrons. The monoisotopic (exact) mass is 393 g/mol. The highest BCUT2D eigenvalue weighted by Crippen LogP contribution is 2.38. The van der Waals surface area contributed by atoms with Gasteiger partial charge in [0.25, 0.3) is 5.91 Å². The average molecular weight is 394 g/mol. The highest BCUT2D eigenvalue weighted by molar-refractivity contribution is 8.19. The van der Waals surface area contributed by atoms with Crippen LogP contribution in [0.1, 0.15) is 31.9 Å². The van der Waals surface area contributed by atoms with Gasteiger partial charge in [-0.15, -0.1) is 0 Å². The van der Waals surface area contributed by atoms with Crippen molar-refractivity contribution in [1.29, 1.82) is 0 Å². The van der Waals surface area contributed by atoms with Crippen molar-refractivity contribution in [3.8, 4) is 0 Å². The van der Waals surface area contributed by atoms with Crippen LogP contribution in [0, 0.1) is 0 Å². The van der Waals surface area contributed by atoms with E-state index in [4.69, 9.17) is 4.99 Å². The second kappa shape index (κ2) is 8.65. The summed E-state index contributed by atoms with van der Waals surface area (Å²) in [4.78, 5) is 22.5. The van der Waals surface area contributed by atoms with E-state index >= 15 is 0 Å². The van der Waals surface area contributed by atoms with Gasteiger partial charge in [-0.3, -0.25) is 14.7 Å². The normalized spacial score (nSPS) is 17.2. The van der Waals surface area contributed by atoms with Gasteiger partial charge >= 0.3 is 0 Å². The largest absolute Gasteiger partial charge is 0.378 e. The number of hydrogen-bond donors (Lipinski definition) is 0. The molecule has 1 fully saturated rings. The van der Waals surface area contributed by atoms with Gasteiger partial charge in [0, 0.05) is 25.8 Å². The first-order chi connectivity index (χ1) is 13.4. The van der Waals surface area contributed by atoms with Crippen LogP contribution in [-0.2, 0) is 11.2 Å². The molecule has 0 spiro atoms. The predicted molar refractivity (Wildman–Crippen MR) is 122 cm³/mol. The molecular formula is C23H27N3OS. The van der Waals surface area contributed by atoms with Crippen LogP contribution in [0.4, 0.5) is 11.4 Å². The number of aliphatic imine (C=N–C) groups is 1. The molecule has 4 nitrogen and oxygen atoms in total. The fourth-order valence-corrected chi connectivity index (χ4v) is 4.15. The number of rotatable bonds is 5. The lowest BCUT2D eigenvalue weighted by Crippen LogP contribution is -2.30. The molecule has 0 N–H and O–H groups in total. The summed E-state index contributed by atoms with van der Waals surface area (Å²) in [6, 6.07) is 16.4. The number of carbonyl (C=O) groups is 1. The van der Waals surface area contributed by atoms with Gasteiger partial charge in [-0.05, 0) is 67.4 Å². The Morgan fingerprint density at radius 3 is 2.39 bits per heavy atom. The minimum atomic E-state index is -0.0120. The summed E-state index contributed by atoms with van der Waals surface area (Å²) in [5.74, 6) is -0.0120. The van der Waals surface area contributed by atoms with Gasteiger partial charge in [0.1, 0.15) is 0 Å². The van der Waals surface area contributed by atoms with E-state index in [1.807, 2.05) is 64.4 Å². The molecule has 1 aliphatic rings. The highest BCUT2D eigenvalue weighted by atomic mass is 32.2. The second-order valence-electron chi connectivity index (χ2n) is 7.22. The number of anilines is 2. The summed E-state index contributed by atoms with van der Waals surface area (Å²) < 4.78 is 0. The van der Waals surface area contributed by atoms with E-state index in [1.165, 1.54) is 11.8 Å². The molecule has 28 heavy (non-hydrogen) atoms. The van der Waals surface area contributed by atoms with Gasteiger partial charge in [0.2, 0.25) is 0 Å². The standard InChI is InChI=1S/C23H27N3OS/c1-6-18-9-7-8-10-20(18)26-22(27)21(28-23(26)24-16(2)3)15-17-11-13-19(14-12-17)25(4)5/h7-16H,6H2,1-5H3/b21-15-,24-23?. The van der Waals surface area contributed by atoms with Crippen LogP contribution in [0.25, 0.3) is 6.08 Å². The van der Waals surface area contributed by atoms with E-state index in [0.717, 1.165) is 34.1 Å². The summed E-state index contributed by atoms with van der Waals surface area (Å²) in [5, 5.41) is 0.747. The molecule has 3 rings (SSSR count). The predicted octanol–water partition coefficient (Wildman–Crippen LogP) is 5.20. The first-order valence-corrected chi connectivity index (χ1v) is 10.4. The number of benzene rings is 2. The lowest BCUT2D eigenvalue weighted by molar-refractivity contribution is -0.113. The third-order valence-electron chi connectivity index (χ3n) is 4.50. The summed E-state index contributed by atoms with van der Waals surface area (Å²) in [6.45, 7) is 6.17. The minimum absolute atomic E-state index is 0.0120. The molecule has 1 heterocycles. The van der Waals surface area contributed by atoms with Gasteiger partial charge in [-0.1, -0.05) is 37.3 Å². The van der Waals surface area contributed by atoms with E-state index in [2.05, 4.69) is 30.0 Å². The van der Waals surface area contributed by atoms with E-state index in [1.54, 1.807) is 4.90 Å². The summed E-state index contributed by atoms with van der Waals surface area (Å²) in [7, 11) is 4.03. The molecule has 1 saturated heterocycles. The van der Waals surface area contributed by atoms with E-state index < -0.39 is 0 Å². The van der Waals surface area contributed by atoms with Crippen molar-refractivity contribution < 1.29 is 4.79 Å². The molecule has 0 atom stereocenters. The van der Waals surface area contributed by atoms with Gasteiger partial charge in [-0.2, -0.15) is 0 Å². The van der Waals surface area contributed by atoms with Crippen molar-refractivity contribution in [3.05, 3.63) is 64.6 Å². The number of para-hydroxylation sites is 1. The Bertz CT molecular complexity index is 914. The molecule has 1 amide bonds. The van der Waals surface area contributed by atoms with Crippen molar-refractivity contribution in [2.24, 2.45) is 4.99 Å². The Morgan fingerprint density at radius 1 is 1.11 bits per heavy atom. The topological polar surface area (TPSA) is 35.9 Å². The zero-order valence-corrected chi connectivity index (χ0v) is 18.0. The van der Waals surface area contributed by atoms with E-state index in [9.17, 15) is 4.79 Å². The average Bonchev–Trinajstić information content (AvgIpc) is 2.96. The van der Waals surface area contributed by atoms with Crippen LogP contribution in [0.5, 0.6) is 0 Å². The van der Waals surface area contributed by atoms with Crippen molar-refractivity contribution >= 4 is 40.3 Å². The zero-order chi connectivity index (χ0) is 20.3. The van der Waals surface area contributed by atoms with Crippen LogP contribution in [-0.4, -0.2) is 31.2 Å². The van der Waals surface area contributed by atoms with Crippen molar-refractivity contribution in [3.63, 3.8) is 0 Å². The lowest BCUT2D eigenvalue weighted by Gasteiger charge is -2.19. The molecule has 0 aromatic heterocycles. The molecule has 5 heteroatoms. The van der Waals surface area contributed by atoms with Crippen molar-refractivity contribution in [1.82, 2.24) is 0 Å². The Balaban J connectivity index is 2.00. The van der Waals surface area contributed by atoms with E-state index in [-0.39, 0.29) is 11.9 Å². The summed E-state index contributed by atoms with van der Waals surface area (Å²) in [6.07, 6.45) is 2.82. The molecule has 1 aliphatic heterocycles. The first kappa shape index (κ1) is 20.2. The number of thioether (sulfide) groups is 1. The fourth-order valence-electron chi connectivity index (χ4n) is 3.04. The molecule has 2 aromatic carbocycles. The smallest absolute Gasteiger partial charge is 0.271 e. The maximum absolute atomic E-state index is 13.3. The molecule has 0 bridgehead atoms. The Labute approximate surface area is 172 Å². The van der Waals surface area contributed by atoms with Crippen LogP contribution in [0.3, 0.4) is 0 Å². The minimum Gasteiger partial charge on any atom is -0.378 e. The van der Waals surface area contributed by atoms with Crippen molar-refractivity contribution in [2.45, 2.75) is 33.2 Å². The lowest BCUT2D eigenvalue weighted by atomic mass is 10.1. The van der Waals surface area contributed by atoms with Crippen LogP contribution >= 0.6 is 11.8 Å². The Morgan fingerprint density at radius 2 is 1.79 bits per heavy atom. The quantitative estimate of drug-likeness (QED) is 0.655. The molecule has 2 aromatic rings. The molecule has 0 aliphatic carbocycles. The highest BCUT2D eigenvalue weighted by Gasteiger charge is 2.35. The van der Waals surface area contributed by atoms with Crippen LogP contribution < -0.4 is 9.80 Å². The summed E-state index contributed by atoms with van der Waals surface area (Å²) >= 11 is 1.45. The SMILES string of the molecule is CCc1ccccc1N1C(=O)/C(=C/c2ccc(N(C)C)cc2)SC1=NC(C)C. The number of aryl methyl sites for hydroxylation is 1. The number of amides is 1. The number of carbonyl (C=O) groups excluding carboxylic acids is 1. The van der Waals surface area contributed by atoms with Gasteiger partial charge in [0.05, 0.1) is 10.6 Å².